The molecule has 3 saturated heterocycles. The summed E-state index contributed by atoms with van der Waals surface area (Å²) in [6, 6.07) is 21.1. The topological polar surface area (TPSA) is 162 Å². The number of benzene rings is 4. The van der Waals surface area contributed by atoms with E-state index in [1.54, 1.807) is 62.6 Å². The second kappa shape index (κ2) is 28.9. The van der Waals surface area contributed by atoms with Gasteiger partial charge in [-0.2, -0.15) is 0 Å². The van der Waals surface area contributed by atoms with Crippen molar-refractivity contribution in [2.24, 2.45) is 10.8 Å². The standard InChI is InChI=1S/C26H32FNO4.C24H31FO3.C19H15Cl2FO3/c1-15(2)25-21(11-10-20-12-19(29)13-23(30)32-20)24(17-6-8-18(27)9-7-17)22(14-31-5)26(28-25)16(3)4;1-15-10-16(6-9-21(15)25)19-13-23(2,3)14-24(4,5)20(19)8-7-18-11-17(26)12-22(27)28-18;20-12-7-17(11-1-3-13(22)4-2-11)16(18(21)8-12)6-5-15-9-14(23)10-19(24)25-15/h6-11,15-16,19-20,29H,12-14H2,1-5H3;6-10,17-18,26H,11-14H2,1-5H3;1-8,14-15,23H,9-10H2/b11-10+;8-7+;6-5+/t19-,20?;17-,18?;14-,15?/m111/s1. The maximum Gasteiger partial charge on any atom is 0.309 e. The fourth-order valence-corrected chi connectivity index (χ4v) is 12.3. The molecular weight excluding hydrogens is 1130 g/mol. The van der Waals surface area contributed by atoms with E-state index in [9.17, 15) is 42.9 Å². The van der Waals surface area contributed by atoms with Crippen molar-refractivity contribution in [1.29, 1.82) is 0 Å². The van der Waals surface area contributed by atoms with Gasteiger partial charge in [-0.3, -0.25) is 19.4 Å². The zero-order valence-electron chi connectivity index (χ0n) is 50.0. The number of carbonyl (C=O) groups is 3. The van der Waals surface area contributed by atoms with Gasteiger partial charge in [0.15, 0.2) is 0 Å². The number of pyridine rings is 1. The highest BCUT2D eigenvalue weighted by atomic mass is 35.5. The van der Waals surface area contributed by atoms with Crippen LogP contribution in [0.1, 0.15) is 158 Å². The number of halogens is 5. The number of hydrogen-bond donors (Lipinski definition) is 3. The molecule has 0 bridgehead atoms. The first-order valence-electron chi connectivity index (χ1n) is 28.8. The van der Waals surface area contributed by atoms with Crippen LogP contribution in [-0.2, 0) is 39.9 Å². The molecule has 454 valence electrons. The Kier molecular flexibility index (Phi) is 22.5. The monoisotopic (exact) mass is 1210 g/mol. The molecule has 0 amide bonds. The number of aromatic nitrogens is 1. The number of rotatable bonds is 13. The smallest absolute Gasteiger partial charge is 0.309 e. The maximum absolute atomic E-state index is 13.8. The van der Waals surface area contributed by atoms with Crippen LogP contribution in [-0.4, -0.2) is 81.9 Å². The minimum Gasteiger partial charge on any atom is -0.458 e. The Bertz CT molecular complexity index is 3330. The number of aryl methyl sites for hydroxylation is 1. The van der Waals surface area contributed by atoms with Gasteiger partial charge in [-0.1, -0.05) is 127 Å². The van der Waals surface area contributed by atoms with Crippen molar-refractivity contribution in [2.75, 3.05) is 7.11 Å². The molecule has 4 heterocycles. The summed E-state index contributed by atoms with van der Waals surface area (Å²) in [4.78, 5) is 39.9. The molecule has 3 unspecified atom stereocenters. The minimum absolute atomic E-state index is 0.00682. The molecule has 3 fully saturated rings. The predicted molar refractivity (Wildman–Crippen MR) is 328 cm³/mol. The van der Waals surface area contributed by atoms with E-state index in [2.05, 4.69) is 61.5 Å². The van der Waals surface area contributed by atoms with E-state index in [0.29, 0.717) is 47.0 Å². The third kappa shape index (κ3) is 17.9. The molecule has 11 nitrogen and oxygen atoms in total. The summed E-state index contributed by atoms with van der Waals surface area (Å²) < 4.78 is 62.2. The summed E-state index contributed by atoms with van der Waals surface area (Å²) in [5.74, 6) is -1.74. The van der Waals surface area contributed by atoms with E-state index in [1.165, 1.54) is 41.5 Å². The van der Waals surface area contributed by atoms with Crippen molar-refractivity contribution < 1.29 is 61.8 Å². The van der Waals surface area contributed by atoms with E-state index in [4.69, 9.17) is 47.1 Å². The predicted octanol–water partition coefficient (Wildman–Crippen LogP) is 15.6. The zero-order chi connectivity index (χ0) is 62.1. The lowest BCUT2D eigenvalue weighted by Crippen LogP contribution is -2.32. The summed E-state index contributed by atoms with van der Waals surface area (Å²) in [6.07, 6.45) is 10.7. The molecule has 3 aliphatic heterocycles. The lowest BCUT2D eigenvalue weighted by Gasteiger charge is -2.43. The normalized spacial score (nSPS) is 22.3. The van der Waals surface area contributed by atoms with Crippen molar-refractivity contribution in [2.45, 2.75) is 169 Å². The molecule has 5 aromatic rings. The first-order chi connectivity index (χ1) is 40.1. The van der Waals surface area contributed by atoms with Gasteiger partial charge in [-0.15, -0.1) is 0 Å². The summed E-state index contributed by atoms with van der Waals surface area (Å²) >= 11 is 12.4. The third-order valence-electron chi connectivity index (χ3n) is 15.3. The minimum atomic E-state index is -0.715. The highest BCUT2D eigenvalue weighted by molar-refractivity contribution is 6.36. The summed E-state index contributed by atoms with van der Waals surface area (Å²) in [5, 5.41) is 30.4. The molecule has 0 saturated carbocycles. The van der Waals surface area contributed by atoms with Gasteiger partial charge < -0.3 is 34.3 Å². The molecule has 85 heavy (non-hydrogen) atoms. The van der Waals surface area contributed by atoms with E-state index in [-0.39, 0.29) is 65.3 Å². The van der Waals surface area contributed by atoms with Crippen molar-refractivity contribution >= 4 is 58.8 Å². The molecule has 6 atom stereocenters. The van der Waals surface area contributed by atoms with Crippen molar-refractivity contribution in [3.63, 3.8) is 0 Å². The largest absolute Gasteiger partial charge is 0.458 e. The highest BCUT2D eigenvalue weighted by Gasteiger charge is 2.39. The van der Waals surface area contributed by atoms with E-state index >= 15 is 0 Å². The number of ether oxygens (including phenoxy) is 4. The number of methoxy groups -OCH3 is 1. The lowest BCUT2D eigenvalue weighted by atomic mass is 9.61. The highest BCUT2D eigenvalue weighted by Crippen LogP contribution is 2.52. The second-order valence-electron chi connectivity index (χ2n) is 24.5. The third-order valence-corrected chi connectivity index (χ3v) is 15.8. The number of aliphatic hydroxyl groups is 3. The van der Waals surface area contributed by atoms with Crippen LogP contribution >= 0.6 is 23.2 Å². The molecule has 0 spiro atoms. The fraction of sp³-hybridized carbons (Fsp3) is 0.420. The molecular formula is C69H78Cl2F3NO10. The molecule has 1 aliphatic carbocycles. The van der Waals surface area contributed by atoms with Crippen LogP contribution in [0.2, 0.25) is 10.0 Å². The number of cyclic esters (lactones) is 3. The Hall–Kier alpha value is -6.39. The van der Waals surface area contributed by atoms with Gasteiger partial charge in [0, 0.05) is 58.8 Å². The molecule has 4 aliphatic rings. The van der Waals surface area contributed by atoms with Crippen LogP contribution in [0.15, 0.2) is 109 Å². The second-order valence-corrected chi connectivity index (χ2v) is 25.3. The number of esters is 3. The number of allylic oxidation sites excluding steroid dienone is 3. The van der Waals surface area contributed by atoms with Crippen molar-refractivity contribution in [3.05, 3.63) is 175 Å². The lowest BCUT2D eigenvalue weighted by molar-refractivity contribution is -0.157. The number of nitrogens with zero attached hydrogens (tertiary/aromatic N) is 1. The Morgan fingerprint density at radius 1 is 0.647 bits per heavy atom. The van der Waals surface area contributed by atoms with Gasteiger partial charge >= 0.3 is 17.9 Å². The zero-order valence-corrected chi connectivity index (χ0v) is 51.5. The summed E-state index contributed by atoms with van der Waals surface area (Å²) in [7, 11) is 1.65. The number of aliphatic hydroxyl groups excluding tert-OH is 3. The quantitative estimate of drug-likeness (QED) is 0.0760. The van der Waals surface area contributed by atoms with Gasteiger partial charge in [-0.25, -0.2) is 13.2 Å². The maximum atomic E-state index is 13.8. The van der Waals surface area contributed by atoms with Gasteiger partial charge in [0.05, 0.1) is 49.9 Å². The van der Waals surface area contributed by atoms with Crippen LogP contribution in [0, 0.1) is 35.2 Å². The average molecular weight is 1210 g/mol. The summed E-state index contributed by atoms with van der Waals surface area (Å²) in [6.45, 7) is 19.5. The molecule has 16 heteroatoms. The van der Waals surface area contributed by atoms with Crippen LogP contribution in [0.25, 0.3) is 40.0 Å². The van der Waals surface area contributed by atoms with Crippen molar-refractivity contribution in [3.8, 4) is 22.3 Å². The van der Waals surface area contributed by atoms with E-state index < -0.39 is 48.6 Å². The molecule has 9 rings (SSSR count). The molecule has 3 N–H and O–H groups in total. The molecule has 0 radical (unpaired) electrons. The van der Waals surface area contributed by atoms with Gasteiger partial charge in [0.2, 0.25) is 0 Å². The first kappa shape index (κ1) is 66.1. The molecule has 4 aromatic carbocycles. The summed E-state index contributed by atoms with van der Waals surface area (Å²) in [5.41, 5.74) is 11.8. The Morgan fingerprint density at radius 3 is 1.59 bits per heavy atom. The molecule has 1 aromatic heterocycles. The first-order valence-corrected chi connectivity index (χ1v) is 29.6. The SMILES string of the molecule is COCc1c(C(C)C)nc(C(C)C)c(/C=C/C2C[C@@H](O)CC(=O)O2)c1-c1ccc(F)cc1.Cc1cc(C2=C(/C=C/C3C[C@@H](O)CC(=O)O3)C(C)(C)CC(C)(C)C2)ccc1F.O=C1C[C@H](O)CC(/C=C/c2c(Cl)cc(Cl)cc2-c2ccc(F)cc2)O1. The van der Waals surface area contributed by atoms with Gasteiger partial charge in [-0.05, 0) is 154 Å². The number of carbonyl (C=O) groups excluding carboxylic acids is 3. The Labute approximate surface area is 507 Å². The van der Waals surface area contributed by atoms with Crippen LogP contribution in [0.3, 0.4) is 0 Å². The van der Waals surface area contributed by atoms with Crippen LogP contribution in [0.5, 0.6) is 0 Å². The van der Waals surface area contributed by atoms with Crippen molar-refractivity contribution in [1.82, 2.24) is 4.98 Å². The van der Waals surface area contributed by atoms with Crippen LogP contribution < -0.4 is 0 Å². The van der Waals surface area contributed by atoms with E-state index in [1.807, 2.05) is 30.4 Å². The van der Waals surface area contributed by atoms with Crippen LogP contribution in [0.4, 0.5) is 13.2 Å². The van der Waals surface area contributed by atoms with Gasteiger partial charge in [0.1, 0.15) is 35.8 Å². The average Bonchev–Trinajstić information content (AvgIpc) is 2.03. The van der Waals surface area contributed by atoms with Gasteiger partial charge in [0.25, 0.3) is 0 Å². The van der Waals surface area contributed by atoms with E-state index in [0.717, 1.165) is 63.2 Å². The number of hydrogen-bond acceptors (Lipinski definition) is 11. The Balaban J connectivity index is 0.000000184. The fourth-order valence-electron chi connectivity index (χ4n) is 11.8. The Morgan fingerprint density at radius 2 is 1.12 bits per heavy atom.